The van der Waals surface area contributed by atoms with Crippen LogP contribution in [0.15, 0.2) is 42.5 Å². The normalized spacial score (nSPS) is 17.6. The molecule has 1 saturated carbocycles. The summed E-state index contributed by atoms with van der Waals surface area (Å²) in [6, 6.07) is 15.7. The summed E-state index contributed by atoms with van der Waals surface area (Å²) in [5, 5.41) is 2.63. The maximum atomic E-state index is 5.76. The van der Waals surface area contributed by atoms with E-state index in [9.17, 15) is 0 Å². The molecule has 3 rings (SSSR count). The second-order valence-corrected chi connectivity index (χ2v) is 6.14. The van der Waals surface area contributed by atoms with Gasteiger partial charge in [0.25, 0.3) is 0 Å². The van der Waals surface area contributed by atoms with Crippen molar-refractivity contribution in [3.05, 3.63) is 48.0 Å². The van der Waals surface area contributed by atoms with Crippen molar-refractivity contribution < 1.29 is 0 Å². The number of hydrogen-bond donors (Lipinski definition) is 2. The highest BCUT2D eigenvalue weighted by Crippen LogP contribution is 2.29. The van der Waals surface area contributed by atoms with E-state index in [-0.39, 0.29) is 0 Å². The maximum Gasteiger partial charge on any atom is 0.0253 e. The molecule has 2 aromatic rings. The van der Waals surface area contributed by atoms with Gasteiger partial charge >= 0.3 is 0 Å². The molecule has 0 aromatic heterocycles. The van der Waals surface area contributed by atoms with Crippen LogP contribution < -0.4 is 11.3 Å². The van der Waals surface area contributed by atoms with Crippen LogP contribution in [0.2, 0.25) is 0 Å². The SMILES string of the molecule is NNC(Cc1ccc2ccccc2c1)CC1CCCC1. The largest absolute Gasteiger partial charge is 0.271 e. The van der Waals surface area contributed by atoms with Gasteiger partial charge in [-0.2, -0.15) is 0 Å². The number of nitrogens with two attached hydrogens (primary N) is 1. The summed E-state index contributed by atoms with van der Waals surface area (Å²) >= 11 is 0. The van der Waals surface area contributed by atoms with E-state index in [4.69, 9.17) is 5.84 Å². The van der Waals surface area contributed by atoms with Crippen LogP contribution >= 0.6 is 0 Å². The highest BCUT2D eigenvalue weighted by molar-refractivity contribution is 5.82. The average molecular weight is 268 g/mol. The molecule has 3 N–H and O–H groups in total. The fourth-order valence-corrected chi connectivity index (χ4v) is 3.51. The van der Waals surface area contributed by atoms with Crippen molar-refractivity contribution in [3.63, 3.8) is 0 Å². The van der Waals surface area contributed by atoms with Gasteiger partial charge in [0.15, 0.2) is 0 Å². The summed E-state index contributed by atoms with van der Waals surface area (Å²) in [4.78, 5) is 0. The molecule has 1 aliphatic carbocycles. The molecule has 1 aliphatic rings. The standard InChI is InChI=1S/C18H24N2/c19-20-18(12-14-5-1-2-6-14)13-15-9-10-16-7-3-4-8-17(16)11-15/h3-4,7-11,14,18,20H,1-2,5-6,12-13,19H2. The lowest BCUT2D eigenvalue weighted by Gasteiger charge is -2.20. The van der Waals surface area contributed by atoms with Crippen LogP contribution in [-0.4, -0.2) is 6.04 Å². The van der Waals surface area contributed by atoms with E-state index in [1.807, 2.05) is 0 Å². The first-order valence-corrected chi connectivity index (χ1v) is 7.79. The molecule has 0 heterocycles. The Morgan fingerprint density at radius 3 is 2.55 bits per heavy atom. The lowest BCUT2D eigenvalue weighted by atomic mass is 9.93. The van der Waals surface area contributed by atoms with Crippen molar-refractivity contribution in [1.29, 1.82) is 0 Å². The Morgan fingerprint density at radius 2 is 1.80 bits per heavy atom. The fraction of sp³-hybridized carbons (Fsp3) is 0.444. The fourth-order valence-electron chi connectivity index (χ4n) is 3.51. The molecular formula is C18H24N2. The Labute approximate surface area is 121 Å². The minimum atomic E-state index is 0.402. The predicted molar refractivity (Wildman–Crippen MR) is 85.3 cm³/mol. The Morgan fingerprint density at radius 1 is 1.05 bits per heavy atom. The first kappa shape index (κ1) is 13.6. The minimum absolute atomic E-state index is 0.402. The van der Waals surface area contributed by atoms with Crippen molar-refractivity contribution >= 4 is 10.8 Å². The summed E-state index contributed by atoms with van der Waals surface area (Å²) in [7, 11) is 0. The van der Waals surface area contributed by atoms with Crippen molar-refractivity contribution in [1.82, 2.24) is 5.43 Å². The molecule has 20 heavy (non-hydrogen) atoms. The lowest BCUT2D eigenvalue weighted by molar-refractivity contribution is 0.389. The van der Waals surface area contributed by atoms with Gasteiger partial charge in [-0.1, -0.05) is 68.1 Å². The molecule has 1 fully saturated rings. The highest BCUT2D eigenvalue weighted by atomic mass is 15.2. The van der Waals surface area contributed by atoms with Gasteiger partial charge in [0.2, 0.25) is 0 Å². The second kappa shape index (κ2) is 6.38. The molecule has 0 bridgehead atoms. The van der Waals surface area contributed by atoms with Crippen molar-refractivity contribution in [2.75, 3.05) is 0 Å². The first-order valence-electron chi connectivity index (χ1n) is 7.79. The molecule has 0 spiro atoms. The quantitative estimate of drug-likeness (QED) is 0.639. The number of benzene rings is 2. The molecule has 0 amide bonds. The van der Waals surface area contributed by atoms with Crippen LogP contribution in [0, 0.1) is 5.92 Å². The molecule has 1 unspecified atom stereocenters. The van der Waals surface area contributed by atoms with E-state index in [1.54, 1.807) is 0 Å². The zero-order valence-corrected chi connectivity index (χ0v) is 12.0. The topological polar surface area (TPSA) is 38.0 Å². The van der Waals surface area contributed by atoms with Gasteiger partial charge in [0.05, 0.1) is 0 Å². The number of hydrogen-bond acceptors (Lipinski definition) is 2. The van der Waals surface area contributed by atoms with E-state index in [0.29, 0.717) is 6.04 Å². The number of fused-ring (bicyclic) bond motifs is 1. The Hall–Kier alpha value is -1.38. The summed E-state index contributed by atoms with van der Waals surface area (Å²) < 4.78 is 0. The van der Waals surface area contributed by atoms with Crippen LogP contribution in [0.5, 0.6) is 0 Å². The maximum absolute atomic E-state index is 5.76. The Kier molecular flexibility index (Phi) is 4.34. The monoisotopic (exact) mass is 268 g/mol. The molecule has 0 aliphatic heterocycles. The van der Waals surface area contributed by atoms with Gasteiger partial charge in [0.1, 0.15) is 0 Å². The minimum Gasteiger partial charge on any atom is -0.271 e. The summed E-state index contributed by atoms with van der Waals surface area (Å²) in [6.07, 6.45) is 7.81. The third kappa shape index (κ3) is 3.20. The van der Waals surface area contributed by atoms with Crippen LogP contribution in [0.3, 0.4) is 0 Å². The molecular weight excluding hydrogens is 244 g/mol. The van der Waals surface area contributed by atoms with Gasteiger partial charge in [0, 0.05) is 6.04 Å². The van der Waals surface area contributed by atoms with E-state index in [2.05, 4.69) is 47.9 Å². The van der Waals surface area contributed by atoms with Crippen molar-refractivity contribution in [2.24, 2.45) is 11.8 Å². The van der Waals surface area contributed by atoms with Crippen LogP contribution in [0.25, 0.3) is 10.8 Å². The van der Waals surface area contributed by atoms with E-state index >= 15 is 0 Å². The predicted octanol–water partition coefficient (Wildman–Crippen LogP) is 3.79. The summed E-state index contributed by atoms with van der Waals surface area (Å²) in [6.45, 7) is 0. The molecule has 0 saturated heterocycles. The van der Waals surface area contributed by atoms with Gasteiger partial charge in [-0.05, 0) is 35.1 Å². The van der Waals surface area contributed by atoms with E-state index in [0.717, 1.165) is 12.3 Å². The second-order valence-electron chi connectivity index (χ2n) is 6.14. The van der Waals surface area contributed by atoms with Crippen LogP contribution in [-0.2, 0) is 6.42 Å². The smallest absolute Gasteiger partial charge is 0.0253 e. The molecule has 106 valence electrons. The average Bonchev–Trinajstić information content (AvgIpc) is 2.99. The molecule has 1 atom stereocenters. The number of rotatable bonds is 5. The van der Waals surface area contributed by atoms with Gasteiger partial charge < -0.3 is 0 Å². The van der Waals surface area contributed by atoms with Crippen LogP contribution in [0.1, 0.15) is 37.7 Å². The molecule has 0 radical (unpaired) electrons. The molecule has 2 nitrogen and oxygen atoms in total. The van der Waals surface area contributed by atoms with E-state index < -0.39 is 0 Å². The molecule has 2 aromatic carbocycles. The zero-order valence-electron chi connectivity index (χ0n) is 12.0. The lowest BCUT2D eigenvalue weighted by Crippen LogP contribution is -2.38. The van der Waals surface area contributed by atoms with Gasteiger partial charge in [-0.15, -0.1) is 0 Å². The Bertz CT molecular complexity index is 558. The zero-order chi connectivity index (χ0) is 13.8. The summed E-state index contributed by atoms with van der Waals surface area (Å²) in [5.41, 5.74) is 4.40. The molecule has 2 heteroatoms. The van der Waals surface area contributed by atoms with Crippen molar-refractivity contribution in [3.8, 4) is 0 Å². The first-order chi connectivity index (χ1) is 9.85. The van der Waals surface area contributed by atoms with Gasteiger partial charge in [-0.25, -0.2) is 0 Å². The van der Waals surface area contributed by atoms with Crippen molar-refractivity contribution in [2.45, 2.75) is 44.6 Å². The number of nitrogens with one attached hydrogen (secondary N) is 1. The summed E-state index contributed by atoms with van der Waals surface area (Å²) in [5.74, 6) is 6.63. The van der Waals surface area contributed by atoms with Crippen LogP contribution in [0.4, 0.5) is 0 Å². The highest BCUT2D eigenvalue weighted by Gasteiger charge is 2.19. The van der Waals surface area contributed by atoms with E-state index in [1.165, 1.54) is 48.4 Å². The third-order valence-electron chi connectivity index (χ3n) is 4.62. The van der Waals surface area contributed by atoms with Gasteiger partial charge in [-0.3, -0.25) is 11.3 Å². The Balaban J connectivity index is 1.69. The number of hydrazine groups is 1. The third-order valence-corrected chi connectivity index (χ3v) is 4.62.